The fourth-order valence-electron chi connectivity index (χ4n) is 1.50. The predicted octanol–water partition coefficient (Wildman–Crippen LogP) is 1.89. The fraction of sp³-hybridized carbons (Fsp3) is 0.0769. The molecule has 72 valence electrons. The Kier molecular flexibility index (Phi) is 2.75. The minimum atomic E-state index is 0.682. The zero-order chi connectivity index (χ0) is 10.5. The molecule has 0 N–H and O–H groups in total. The maximum absolute atomic E-state index is 8.93. The summed E-state index contributed by atoms with van der Waals surface area (Å²) in [5.74, 6) is 0. The van der Waals surface area contributed by atoms with Gasteiger partial charge in [-0.1, -0.05) is 30.3 Å². The summed E-state index contributed by atoms with van der Waals surface area (Å²) in [6, 6.07) is 17.9. The van der Waals surface area contributed by atoms with Gasteiger partial charge in [-0.2, -0.15) is 9.83 Å². The topological polar surface area (TPSA) is 27.7 Å². The lowest BCUT2D eigenvalue weighted by molar-refractivity contribution is -0.690. The molecule has 0 fully saturated rings. The van der Waals surface area contributed by atoms with Gasteiger partial charge in [0.05, 0.1) is 0 Å². The van der Waals surface area contributed by atoms with Crippen molar-refractivity contribution in [2.75, 3.05) is 0 Å². The van der Waals surface area contributed by atoms with Gasteiger partial charge in [0, 0.05) is 17.7 Å². The maximum Gasteiger partial charge on any atom is 0.283 e. The first-order valence-electron chi connectivity index (χ1n) is 4.82. The van der Waals surface area contributed by atoms with Gasteiger partial charge in [-0.25, -0.2) is 0 Å². The molecule has 2 heteroatoms. The first kappa shape index (κ1) is 9.42. The van der Waals surface area contributed by atoms with E-state index in [1.54, 1.807) is 0 Å². The molecule has 1 aromatic carbocycles. The second-order valence-electron chi connectivity index (χ2n) is 3.31. The van der Waals surface area contributed by atoms with Gasteiger partial charge >= 0.3 is 0 Å². The van der Waals surface area contributed by atoms with E-state index in [1.165, 1.54) is 5.56 Å². The standard InChI is InChI=1S/C13H11N2/c14-10-13-8-4-5-9-15(13)11-12-6-2-1-3-7-12/h1-9H,11H2/q+1. The van der Waals surface area contributed by atoms with E-state index in [4.69, 9.17) is 5.26 Å². The lowest BCUT2D eigenvalue weighted by atomic mass is 10.2. The summed E-state index contributed by atoms with van der Waals surface area (Å²) in [5.41, 5.74) is 1.88. The monoisotopic (exact) mass is 195 g/mol. The second-order valence-corrected chi connectivity index (χ2v) is 3.31. The molecule has 0 aliphatic heterocycles. The summed E-state index contributed by atoms with van der Waals surface area (Å²) in [6.45, 7) is 0.741. The zero-order valence-electron chi connectivity index (χ0n) is 8.30. The Balaban J connectivity index is 2.29. The van der Waals surface area contributed by atoms with E-state index in [2.05, 4.69) is 18.2 Å². The van der Waals surface area contributed by atoms with Crippen molar-refractivity contribution in [3.8, 4) is 6.07 Å². The lowest BCUT2D eigenvalue weighted by Crippen LogP contribution is -2.37. The van der Waals surface area contributed by atoms with Gasteiger partial charge in [-0.3, -0.25) is 0 Å². The molecule has 0 saturated carbocycles. The highest BCUT2D eigenvalue weighted by molar-refractivity contribution is 5.16. The highest BCUT2D eigenvalue weighted by atomic mass is 14.9. The number of benzene rings is 1. The Morgan fingerprint density at radius 1 is 1.00 bits per heavy atom. The number of aromatic nitrogens is 1. The van der Waals surface area contributed by atoms with Crippen molar-refractivity contribution in [3.63, 3.8) is 0 Å². The normalized spacial score (nSPS) is 9.53. The molecule has 1 heterocycles. The Morgan fingerprint density at radius 2 is 1.73 bits per heavy atom. The average Bonchev–Trinajstić information content (AvgIpc) is 2.31. The van der Waals surface area contributed by atoms with Gasteiger partial charge < -0.3 is 0 Å². The Bertz CT molecular complexity index is 483. The smallest absolute Gasteiger partial charge is 0.186 e. The highest BCUT2D eigenvalue weighted by Crippen LogP contribution is 1.98. The van der Waals surface area contributed by atoms with Crippen LogP contribution in [0.3, 0.4) is 0 Å². The van der Waals surface area contributed by atoms with E-state index in [9.17, 15) is 0 Å². The lowest BCUT2D eigenvalue weighted by Gasteiger charge is -1.98. The molecule has 2 rings (SSSR count). The van der Waals surface area contributed by atoms with Crippen LogP contribution in [0.15, 0.2) is 54.7 Å². The summed E-state index contributed by atoms with van der Waals surface area (Å²) in [7, 11) is 0. The van der Waals surface area contributed by atoms with Gasteiger partial charge in [-0.15, -0.1) is 0 Å². The third kappa shape index (κ3) is 2.21. The Hall–Kier alpha value is -2.14. The van der Waals surface area contributed by atoms with Crippen LogP contribution in [0, 0.1) is 11.3 Å². The van der Waals surface area contributed by atoms with Crippen LogP contribution in [0.25, 0.3) is 0 Å². The van der Waals surface area contributed by atoms with Gasteiger partial charge in [0.1, 0.15) is 0 Å². The number of pyridine rings is 1. The van der Waals surface area contributed by atoms with Crippen molar-refractivity contribution in [1.82, 2.24) is 0 Å². The van der Waals surface area contributed by atoms with Gasteiger partial charge in [0.25, 0.3) is 5.69 Å². The summed E-state index contributed by atoms with van der Waals surface area (Å²) < 4.78 is 1.94. The quantitative estimate of drug-likeness (QED) is 0.672. The molecule has 0 saturated heterocycles. The minimum absolute atomic E-state index is 0.682. The van der Waals surface area contributed by atoms with Crippen molar-refractivity contribution in [2.45, 2.75) is 6.54 Å². The molecular formula is C13H11N2+. The van der Waals surface area contributed by atoms with E-state index < -0.39 is 0 Å². The molecule has 0 atom stereocenters. The van der Waals surface area contributed by atoms with Crippen LogP contribution >= 0.6 is 0 Å². The first-order valence-corrected chi connectivity index (χ1v) is 4.82. The second kappa shape index (κ2) is 4.39. The number of nitrogens with zero attached hydrogens (tertiary/aromatic N) is 2. The number of nitriles is 1. The van der Waals surface area contributed by atoms with E-state index in [0.717, 1.165) is 6.54 Å². The van der Waals surface area contributed by atoms with E-state index in [0.29, 0.717) is 5.69 Å². The van der Waals surface area contributed by atoms with Crippen molar-refractivity contribution in [1.29, 1.82) is 5.26 Å². The molecule has 0 aliphatic rings. The maximum atomic E-state index is 8.93. The van der Waals surface area contributed by atoms with Crippen LogP contribution in [0.1, 0.15) is 11.3 Å². The van der Waals surface area contributed by atoms with Crippen molar-refractivity contribution < 1.29 is 4.57 Å². The summed E-state index contributed by atoms with van der Waals surface area (Å²) in [6.07, 6.45) is 1.92. The molecule has 0 amide bonds. The minimum Gasteiger partial charge on any atom is -0.186 e. The summed E-state index contributed by atoms with van der Waals surface area (Å²) in [5, 5.41) is 8.93. The van der Waals surface area contributed by atoms with Gasteiger partial charge in [-0.05, 0) is 6.07 Å². The first-order chi connectivity index (χ1) is 7.40. The van der Waals surface area contributed by atoms with Crippen LogP contribution in [0.2, 0.25) is 0 Å². The third-order valence-corrected chi connectivity index (χ3v) is 2.25. The van der Waals surface area contributed by atoms with Gasteiger partial charge in [0.2, 0.25) is 0 Å². The summed E-state index contributed by atoms with van der Waals surface area (Å²) >= 11 is 0. The van der Waals surface area contributed by atoms with Crippen LogP contribution in [-0.2, 0) is 6.54 Å². The molecular weight excluding hydrogens is 184 g/mol. The Labute approximate surface area is 89.0 Å². The summed E-state index contributed by atoms with van der Waals surface area (Å²) in [4.78, 5) is 0. The van der Waals surface area contributed by atoms with Crippen molar-refractivity contribution >= 4 is 0 Å². The molecule has 0 bridgehead atoms. The van der Waals surface area contributed by atoms with Crippen molar-refractivity contribution in [2.24, 2.45) is 0 Å². The average molecular weight is 195 g/mol. The van der Waals surface area contributed by atoms with E-state index >= 15 is 0 Å². The highest BCUT2D eigenvalue weighted by Gasteiger charge is 2.08. The van der Waals surface area contributed by atoms with Crippen LogP contribution < -0.4 is 4.57 Å². The molecule has 0 radical (unpaired) electrons. The number of rotatable bonds is 2. The van der Waals surface area contributed by atoms with E-state index in [-0.39, 0.29) is 0 Å². The third-order valence-electron chi connectivity index (χ3n) is 2.25. The molecule has 2 nitrogen and oxygen atoms in total. The van der Waals surface area contributed by atoms with Gasteiger partial charge in [0.15, 0.2) is 18.8 Å². The number of hydrogen-bond acceptors (Lipinski definition) is 1. The van der Waals surface area contributed by atoms with Crippen LogP contribution in [-0.4, -0.2) is 0 Å². The van der Waals surface area contributed by atoms with Crippen LogP contribution in [0.4, 0.5) is 0 Å². The van der Waals surface area contributed by atoms with Crippen molar-refractivity contribution in [3.05, 3.63) is 66.0 Å². The molecule has 15 heavy (non-hydrogen) atoms. The fourth-order valence-corrected chi connectivity index (χ4v) is 1.50. The van der Waals surface area contributed by atoms with Crippen LogP contribution in [0.5, 0.6) is 0 Å². The van der Waals surface area contributed by atoms with E-state index in [1.807, 2.05) is 47.2 Å². The molecule has 0 unspecified atom stereocenters. The molecule has 0 aliphatic carbocycles. The molecule has 1 aromatic heterocycles. The Morgan fingerprint density at radius 3 is 2.47 bits per heavy atom. The molecule has 2 aromatic rings. The number of hydrogen-bond donors (Lipinski definition) is 0. The largest absolute Gasteiger partial charge is 0.283 e. The predicted molar refractivity (Wildman–Crippen MR) is 56.9 cm³/mol. The zero-order valence-corrected chi connectivity index (χ0v) is 8.30. The molecule has 0 spiro atoms. The SMILES string of the molecule is N#Cc1cccc[n+]1Cc1ccccc1.